The maximum atomic E-state index is 8.84. The highest BCUT2D eigenvalue weighted by Gasteiger charge is 2.12. The van der Waals surface area contributed by atoms with E-state index in [2.05, 4.69) is 23.7 Å². The number of rotatable bonds is 5. The summed E-state index contributed by atoms with van der Waals surface area (Å²) in [6.07, 6.45) is 4.12. The van der Waals surface area contributed by atoms with Crippen LogP contribution >= 0.6 is 11.6 Å². The second kappa shape index (κ2) is 5.93. The second-order valence-electron chi connectivity index (χ2n) is 3.69. The van der Waals surface area contributed by atoms with Crippen molar-refractivity contribution in [3.8, 4) is 0 Å². The molecule has 3 nitrogen and oxygen atoms in total. The van der Waals surface area contributed by atoms with E-state index >= 15 is 0 Å². The smallest absolute Gasteiger partial charge is 0.0822 e. The third kappa shape index (κ3) is 3.36. The molecule has 0 saturated carbocycles. The Morgan fingerprint density at radius 2 is 2.27 bits per heavy atom. The lowest BCUT2D eigenvalue weighted by Gasteiger charge is -2.29. The number of aliphatic hydroxyl groups is 1. The summed E-state index contributed by atoms with van der Waals surface area (Å²) in [5.41, 5.74) is 0.982. The number of anilines is 1. The van der Waals surface area contributed by atoms with Gasteiger partial charge in [0.15, 0.2) is 0 Å². The molecule has 0 amide bonds. The summed E-state index contributed by atoms with van der Waals surface area (Å²) in [6.45, 7) is 5.21. The highest BCUT2D eigenvalue weighted by atomic mass is 35.5. The highest BCUT2D eigenvalue weighted by molar-refractivity contribution is 6.33. The van der Waals surface area contributed by atoms with Crippen molar-refractivity contribution < 1.29 is 5.11 Å². The molecular weight excluding hydrogens is 212 g/mol. The summed E-state index contributed by atoms with van der Waals surface area (Å²) in [5, 5.41) is 9.50. The summed E-state index contributed by atoms with van der Waals surface area (Å²) in [6, 6.07) is 2.26. The van der Waals surface area contributed by atoms with Crippen LogP contribution in [0.1, 0.15) is 20.3 Å². The lowest BCUT2D eigenvalue weighted by atomic mass is 10.2. The van der Waals surface area contributed by atoms with E-state index in [1.54, 1.807) is 12.4 Å². The van der Waals surface area contributed by atoms with E-state index in [4.69, 9.17) is 16.7 Å². The van der Waals surface area contributed by atoms with Gasteiger partial charge in [0.05, 0.1) is 10.7 Å². The number of nitrogens with zero attached hydrogens (tertiary/aromatic N) is 2. The van der Waals surface area contributed by atoms with Crippen LogP contribution in [0.25, 0.3) is 0 Å². The molecule has 15 heavy (non-hydrogen) atoms. The van der Waals surface area contributed by atoms with E-state index in [0.717, 1.165) is 18.7 Å². The predicted octanol–water partition coefficient (Wildman–Crippen LogP) is 2.33. The minimum atomic E-state index is 0.200. The van der Waals surface area contributed by atoms with Gasteiger partial charge in [0, 0.05) is 31.6 Å². The third-order valence-corrected chi connectivity index (χ3v) is 2.53. The number of aromatic nitrogens is 1. The Morgan fingerprint density at radius 3 is 2.80 bits per heavy atom. The Hall–Kier alpha value is -0.800. The molecule has 0 spiro atoms. The zero-order valence-corrected chi connectivity index (χ0v) is 9.91. The minimum Gasteiger partial charge on any atom is -0.396 e. The Labute approximate surface area is 95.7 Å². The van der Waals surface area contributed by atoms with Crippen LogP contribution in [0.15, 0.2) is 18.5 Å². The Morgan fingerprint density at radius 1 is 1.53 bits per heavy atom. The van der Waals surface area contributed by atoms with Gasteiger partial charge in [-0.2, -0.15) is 0 Å². The summed E-state index contributed by atoms with van der Waals surface area (Å²) in [4.78, 5) is 6.13. The molecule has 1 heterocycles. The van der Waals surface area contributed by atoms with E-state index < -0.39 is 0 Å². The number of aliphatic hydroxyl groups excluding tert-OH is 1. The molecule has 1 N–H and O–H groups in total. The third-order valence-electron chi connectivity index (χ3n) is 2.24. The average molecular weight is 229 g/mol. The van der Waals surface area contributed by atoms with E-state index in [1.165, 1.54) is 0 Å². The molecule has 0 aliphatic heterocycles. The van der Waals surface area contributed by atoms with Crippen LogP contribution in [0.3, 0.4) is 0 Å². The standard InChI is InChI=1S/C11H17ClN2O/c1-9(2)14(6-3-7-15)11-4-5-13-8-10(11)12/h4-5,8-9,15H,3,6-7H2,1-2H3. The van der Waals surface area contributed by atoms with Crippen molar-refractivity contribution in [2.24, 2.45) is 0 Å². The molecule has 0 atom stereocenters. The van der Waals surface area contributed by atoms with Gasteiger partial charge in [0.25, 0.3) is 0 Å². The summed E-state index contributed by atoms with van der Waals surface area (Å²) in [5.74, 6) is 0. The van der Waals surface area contributed by atoms with Crippen molar-refractivity contribution >= 4 is 17.3 Å². The first-order chi connectivity index (χ1) is 7.16. The van der Waals surface area contributed by atoms with Crippen LogP contribution in [-0.2, 0) is 0 Å². The molecule has 0 saturated heterocycles. The molecule has 0 aliphatic carbocycles. The van der Waals surface area contributed by atoms with Crippen molar-refractivity contribution in [1.82, 2.24) is 4.98 Å². The van der Waals surface area contributed by atoms with Crippen LogP contribution < -0.4 is 4.90 Å². The van der Waals surface area contributed by atoms with Gasteiger partial charge in [-0.15, -0.1) is 0 Å². The molecule has 0 fully saturated rings. The van der Waals surface area contributed by atoms with E-state index in [1.807, 2.05) is 6.07 Å². The minimum absolute atomic E-state index is 0.200. The first-order valence-corrected chi connectivity index (χ1v) is 5.51. The first kappa shape index (κ1) is 12.3. The second-order valence-corrected chi connectivity index (χ2v) is 4.10. The molecule has 0 bridgehead atoms. The molecule has 0 unspecified atom stereocenters. The van der Waals surface area contributed by atoms with Crippen LogP contribution in [-0.4, -0.2) is 29.3 Å². The number of halogens is 1. The van der Waals surface area contributed by atoms with Crippen molar-refractivity contribution in [3.05, 3.63) is 23.5 Å². The fourth-order valence-electron chi connectivity index (χ4n) is 1.50. The van der Waals surface area contributed by atoms with Crippen molar-refractivity contribution in [3.63, 3.8) is 0 Å². The van der Waals surface area contributed by atoms with Gasteiger partial charge in [-0.05, 0) is 26.3 Å². The first-order valence-electron chi connectivity index (χ1n) is 5.14. The largest absolute Gasteiger partial charge is 0.396 e. The normalized spacial score (nSPS) is 10.7. The van der Waals surface area contributed by atoms with Crippen LogP contribution in [0.5, 0.6) is 0 Å². The summed E-state index contributed by atoms with van der Waals surface area (Å²) in [7, 11) is 0. The fraction of sp³-hybridized carbons (Fsp3) is 0.545. The van der Waals surface area contributed by atoms with Crippen LogP contribution in [0.4, 0.5) is 5.69 Å². The number of hydrogen-bond acceptors (Lipinski definition) is 3. The van der Waals surface area contributed by atoms with Gasteiger partial charge in [0.2, 0.25) is 0 Å². The maximum absolute atomic E-state index is 8.84. The van der Waals surface area contributed by atoms with Crippen LogP contribution in [0.2, 0.25) is 5.02 Å². The van der Waals surface area contributed by atoms with E-state index in [0.29, 0.717) is 11.1 Å². The topological polar surface area (TPSA) is 36.4 Å². The van der Waals surface area contributed by atoms with Crippen molar-refractivity contribution in [1.29, 1.82) is 0 Å². The van der Waals surface area contributed by atoms with Crippen molar-refractivity contribution in [2.45, 2.75) is 26.3 Å². The van der Waals surface area contributed by atoms with Gasteiger partial charge in [-0.25, -0.2) is 0 Å². The van der Waals surface area contributed by atoms with Gasteiger partial charge in [-0.1, -0.05) is 11.6 Å². The van der Waals surface area contributed by atoms with Crippen LogP contribution in [0, 0.1) is 0 Å². The van der Waals surface area contributed by atoms with Crippen molar-refractivity contribution in [2.75, 3.05) is 18.1 Å². The van der Waals surface area contributed by atoms with Gasteiger partial charge in [-0.3, -0.25) is 4.98 Å². The molecule has 4 heteroatoms. The Balaban J connectivity index is 2.84. The molecule has 84 valence electrons. The molecule has 0 radical (unpaired) electrons. The predicted molar refractivity (Wildman–Crippen MR) is 63.4 cm³/mol. The lowest BCUT2D eigenvalue weighted by molar-refractivity contribution is 0.288. The molecule has 1 rings (SSSR count). The SMILES string of the molecule is CC(C)N(CCCO)c1ccncc1Cl. The number of pyridine rings is 1. The van der Waals surface area contributed by atoms with E-state index in [-0.39, 0.29) is 6.61 Å². The van der Waals surface area contributed by atoms with E-state index in [9.17, 15) is 0 Å². The molecule has 1 aromatic rings. The maximum Gasteiger partial charge on any atom is 0.0822 e. The summed E-state index contributed by atoms with van der Waals surface area (Å²) >= 11 is 6.08. The van der Waals surface area contributed by atoms with Gasteiger partial charge < -0.3 is 10.0 Å². The van der Waals surface area contributed by atoms with Gasteiger partial charge in [0.1, 0.15) is 0 Å². The molecule has 0 aromatic carbocycles. The lowest BCUT2D eigenvalue weighted by Crippen LogP contribution is -2.32. The number of hydrogen-bond donors (Lipinski definition) is 1. The quantitative estimate of drug-likeness (QED) is 0.841. The Kier molecular flexibility index (Phi) is 4.85. The molecular formula is C11H17ClN2O. The van der Waals surface area contributed by atoms with Gasteiger partial charge >= 0.3 is 0 Å². The Bertz CT molecular complexity index is 304. The fourth-order valence-corrected chi connectivity index (χ4v) is 1.73. The zero-order chi connectivity index (χ0) is 11.3. The zero-order valence-electron chi connectivity index (χ0n) is 9.15. The molecule has 0 aliphatic rings. The average Bonchev–Trinajstić information content (AvgIpc) is 2.20. The molecule has 1 aromatic heterocycles. The monoisotopic (exact) mass is 228 g/mol. The highest BCUT2D eigenvalue weighted by Crippen LogP contribution is 2.25. The summed E-state index contributed by atoms with van der Waals surface area (Å²) < 4.78 is 0.